The van der Waals surface area contributed by atoms with Gasteiger partial charge in [0.2, 0.25) is 6.29 Å². The van der Waals surface area contributed by atoms with Gasteiger partial charge < -0.3 is 44.5 Å². The van der Waals surface area contributed by atoms with Gasteiger partial charge in [0.05, 0.1) is 12.0 Å². The Bertz CT molecular complexity index is 1250. The van der Waals surface area contributed by atoms with E-state index >= 15 is 0 Å². The van der Waals surface area contributed by atoms with E-state index in [-0.39, 0.29) is 29.7 Å². The third-order valence-electron chi connectivity index (χ3n) is 5.65. The summed E-state index contributed by atoms with van der Waals surface area (Å²) in [5.41, 5.74) is -1.04. The molecular formula is C22H22O11. The molecule has 1 aromatic heterocycles. The fraction of sp³-hybridized carbons (Fsp3) is 0.364. The van der Waals surface area contributed by atoms with Crippen molar-refractivity contribution in [3.63, 3.8) is 0 Å². The van der Waals surface area contributed by atoms with E-state index in [1.807, 2.05) is 0 Å². The zero-order chi connectivity index (χ0) is 23.9. The summed E-state index contributed by atoms with van der Waals surface area (Å²) < 4.78 is 16.1. The van der Waals surface area contributed by atoms with Crippen LogP contribution in [0.2, 0.25) is 0 Å². The lowest BCUT2D eigenvalue weighted by atomic mass is 9.98. The highest BCUT2D eigenvalue weighted by molar-refractivity contribution is 6.12. The number of carbonyl (C=O) groups is 1. The van der Waals surface area contributed by atoms with Crippen molar-refractivity contribution in [2.24, 2.45) is 0 Å². The number of aliphatic hydroxyl groups excluding tert-OH is 5. The van der Waals surface area contributed by atoms with E-state index < -0.39 is 54.5 Å². The Morgan fingerprint density at radius 2 is 1.76 bits per heavy atom. The van der Waals surface area contributed by atoms with Gasteiger partial charge in [0.15, 0.2) is 5.58 Å². The van der Waals surface area contributed by atoms with Crippen LogP contribution in [-0.4, -0.2) is 80.5 Å². The Hall–Kier alpha value is -3.06. The lowest BCUT2D eigenvalue weighted by molar-refractivity contribution is -0.277. The first-order chi connectivity index (χ1) is 15.8. The smallest absolute Gasteiger partial charge is 0.344 e. The molecule has 1 aliphatic rings. The first kappa shape index (κ1) is 23.1. The van der Waals surface area contributed by atoms with Crippen LogP contribution in [0.25, 0.3) is 21.7 Å². The fourth-order valence-corrected chi connectivity index (χ4v) is 4.01. The van der Waals surface area contributed by atoms with Crippen LogP contribution in [0.1, 0.15) is 15.9 Å². The lowest BCUT2D eigenvalue weighted by Gasteiger charge is -2.39. The highest BCUT2D eigenvalue weighted by Gasteiger charge is 2.45. The molecule has 4 rings (SSSR count). The number of ether oxygens (including phenoxy) is 2. The molecule has 1 saturated heterocycles. The summed E-state index contributed by atoms with van der Waals surface area (Å²) in [5, 5.41) is 59.5. The molecule has 1 fully saturated rings. The second kappa shape index (κ2) is 9.06. The van der Waals surface area contributed by atoms with Crippen molar-refractivity contribution in [3.05, 3.63) is 51.9 Å². The molecule has 2 aromatic carbocycles. The number of carboxylic acid groups (broad SMARTS) is 1. The molecule has 6 N–H and O–H groups in total. The minimum Gasteiger partial charge on any atom is -0.477 e. The highest BCUT2D eigenvalue weighted by Crippen LogP contribution is 2.34. The predicted octanol–water partition coefficient (Wildman–Crippen LogP) is -0.642. The Balaban J connectivity index is 1.85. The first-order valence-corrected chi connectivity index (χ1v) is 10.1. The molecule has 3 aromatic rings. The van der Waals surface area contributed by atoms with E-state index in [1.54, 1.807) is 18.2 Å². The molecule has 0 amide bonds. The maximum Gasteiger partial charge on any atom is 0.344 e. The molecule has 0 bridgehead atoms. The van der Waals surface area contributed by atoms with E-state index in [0.29, 0.717) is 16.3 Å². The van der Waals surface area contributed by atoms with Crippen LogP contribution in [0.3, 0.4) is 0 Å². The molecule has 2 heterocycles. The Morgan fingerprint density at radius 1 is 1.00 bits per heavy atom. The summed E-state index contributed by atoms with van der Waals surface area (Å²) in [6.07, 6.45) is -7.77. The molecule has 11 heteroatoms. The lowest BCUT2D eigenvalue weighted by Crippen LogP contribution is -2.60. The van der Waals surface area contributed by atoms with Crippen LogP contribution < -0.4 is 10.4 Å². The van der Waals surface area contributed by atoms with E-state index in [1.165, 1.54) is 12.1 Å². The second-order valence-electron chi connectivity index (χ2n) is 7.64. The van der Waals surface area contributed by atoms with Gasteiger partial charge in [0.1, 0.15) is 35.7 Å². The van der Waals surface area contributed by atoms with Crippen molar-refractivity contribution in [1.82, 2.24) is 0 Å². The monoisotopic (exact) mass is 462 g/mol. The largest absolute Gasteiger partial charge is 0.477 e. The fourth-order valence-electron chi connectivity index (χ4n) is 4.01. The molecule has 0 unspecified atom stereocenters. The number of hydrogen-bond acceptors (Lipinski definition) is 10. The van der Waals surface area contributed by atoms with Crippen LogP contribution in [0, 0.1) is 0 Å². The number of aromatic carboxylic acids is 1. The Kier molecular flexibility index (Phi) is 6.34. The first-order valence-electron chi connectivity index (χ1n) is 10.1. The maximum absolute atomic E-state index is 12.7. The normalized spacial score (nSPS) is 25.4. The van der Waals surface area contributed by atoms with Crippen LogP contribution in [0.4, 0.5) is 0 Å². The van der Waals surface area contributed by atoms with Gasteiger partial charge in [0.25, 0.3) is 0 Å². The predicted molar refractivity (Wildman–Crippen MR) is 112 cm³/mol. The van der Waals surface area contributed by atoms with Crippen LogP contribution in [0.5, 0.6) is 5.75 Å². The molecule has 1 aliphatic heterocycles. The number of carboxylic acids is 1. The van der Waals surface area contributed by atoms with Crippen molar-refractivity contribution in [1.29, 1.82) is 0 Å². The van der Waals surface area contributed by atoms with E-state index in [4.69, 9.17) is 13.9 Å². The summed E-state index contributed by atoms with van der Waals surface area (Å²) in [6.45, 7) is -0.881. The van der Waals surface area contributed by atoms with Gasteiger partial charge in [-0.1, -0.05) is 18.2 Å². The molecule has 5 atom stereocenters. The Morgan fingerprint density at radius 3 is 2.42 bits per heavy atom. The van der Waals surface area contributed by atoms with E-state index in [9.17, 15) is 40.2 Å². The third kappa shape index (κ3) is 3.95. The maximum atomic E-state index is 12.7. The van der Waals surface area contributed by atoms with Crippen molar-refractivity contribution >= 4 is 27.7 Å². The van der Waals surface area contributed by atoms with E-state index in [2.05, 4.69) is 0 Å². The van der Waals surface area contributed by atoms with Crippen molar-refractivity contribution in [2.75, 3.05) is 13.2 Å². The highest BCUT2D eigenvalue weighted by atomic mass is 16.7. The van der Waals surface area contributed by atoms with Gasteiger partial charge >= 0.3 is 11.6 Å². The standard InChI is InChI=1S/C22H22O11/c23-7-6-9-2-1-3-10-11-4-5-12(15(20(28)29)19(11)33-21(30)14(9)10)31-22-18(27)17(26)16(25)13(8-24)32-22/h1-5,13,16-18,22-27H,6-8H2,(H,28,29)/t13-,16-,17+,18-,22-/m1/s1. The molecule has 33 heavy (non-hydrogen) atoms. The summed E-state index contributed by atoms with van der Waals surface area (Å²) >= 11 is 0. The third-order valence-corrected chi connectivity index (χ3v) is 5.65. The van der Waals surface area contributed by atoms with Gasteiger partial charge in [-0.3, -0.25) is 0 Å². The summed E-state index contributed by atoms with van der Waals surface area (Å²) in [4.78, 5) is 24.8. The second-order valence-corrected chi connectivity index (χ2v) is 7.64. The van der Waals surface area contributed by atoms with Gasteiger partial charge in [-0.15, -0.1) is 0 Å². The van der Waals surface area contributed by atoms with E-state index in [0.717, 1.165) is 0 Å². The minimum absolute atomic E-state index is 0.192. The van der Waals surface area contributed by atoms with Gasteiger partial charge in [-0.05, 0) is 24.1 Å². The summed E-state index contributed by atoms with van der Waals surface area (Å²) in [7, 11) is 0. The van der Waals surface area contributed by atoms with Crippen molar-refractivity contribution < 1.29 is 49.3 Å². The summed E-state index contributed by atoms with van der Waals surface area (Å²) in [5.74, 6) is -1.82. The molecule has 0 aliphatic carbocycles. The zero-order valence-electron chi connectivity index (χ0n) is 17.1. The van der Waals surface area contributed by atoms with Crippen LogP contribution in [0.15, 0.2) is 39.5 Å². The zero-order valence-corrected chi connectivity index (χ0v) is 17.1. The molecule has 0 saturated carbocycles. The van der Waals surface area contributed by atoms with Crippen LogP contribution >= 0.6 is 0 Å². The quantitative estimate of drug-likeness (QED) is 0.202. The van der Waals surface area contributed by atoms with Gasteiger partial charge in [-0.2, -0.15) is 0 Å². The number of fused-ring (bicyclic) bond motifs is 3. The average Bonchev–Trinajstić information content (AvgIpc) is 2.79. The van der Waals surface area contributed by atoms with Crippen LogP contribution in [-0.2, 0) is 11.2 Å². The molecule has 0 radical (unpaired) electrons. The molecule has 176 valence electrons. The minimum atomic E-state index is -1.76. The number of benzene rings is 2. The Labute approximate surface area is 185 Å². The average molecular weight is 462 g/mol. The molecule has 0 spiro atoms. The number of hydrogen-bond donors (Lipinski definition) is 6. The van der Waals surface area contributed by atoms with Crippen molar-refractivity contribution in [2.45, 2.75) is 37.1 Å². The summed E-state index contributed by atoms with van der Waals surface area (Å²) in [6, 6.07) is 7.71. The SMILES string of the molecule is O=C(O)c1c(O[C@@H]2O[C@H](CO)[C@@H](O)[C@H](O)[C@H]2O)ccc2c1oc(=O)c1c(CCO)cccc12. The number of aliphatic hydroxyl groups is 5. The number of rotatable bonds is 6. The topological polar surface area (TPSA) is 187 Å². The van der Waals surface area contributed by atoms with Crippen molar-refractivity contribution in [3.8, 4) is 5.75 Å². The molecule has 11 nitrogen and oxygen atoms in total. The van der Waals surface area contributed by atoms with Gasteiger partial charge in [-0.25, -0.2) is 9.59 Å². The molecular weight excluding hydrogens is 440 g/mol. The van der Waals surface area contributed by atoms with Gasteiger partial charge in [0, 0.05) is 17.4 Å².